The maximum atomic E-state index is 11.6. The molecule has 0 amide bonds. The van der Waals surface area contributed by atoms with E-state index in [0.29, 0.717) is 17.7 Å². The Morgan fingerprint density at radius 3 is 2.85 bits per heavy atom. The van der Waals surface area contributed by atoms with Crippen molar-refractivity contribution in [3.8, 4) is 0 Å². The number of aromatic nitrogens is 4. The highest BCUT2D eigenvalue weighted by molar-refractivity contribution is 5.45. The number of nitrogens with one attached hydrogen (secondary N) is 1. The number of nitrogens with zero attached hydrogens (tertiary/aromatic N) is 4. The van der Waals surface area contributed by atoms with Crippen molar-refractivity contribution in [3.63, 3.8) is 0 Å². The van der Waals surface area contributed by atoms with E-state index in [-0.39, 0.29) is 5.69 Å². The molecule has 2 aromatic rings. The maximum Gasteiger partial charge on any atom is 0.364 e. The molecule has 0 spiro atoms. The molecule has 7 nitrogen and oxygen atoms in total. The monoisotopic (exact) mass is 276 g/mol. The molecule has 1 aliphatic rings. The van der Waals surface area contributed by atoms with Gasteiger partial charge in [0.15, 0.2) is 5.65 Å². The van der Waals surface area contributed by atoms with E-state index in [1.165, 1.54) is 4.52 Å². The van der Waals surface area contributed by atoms with E-state index in [9.17, 15) is 4.79 Å². The molecule has 2 aromatic heterocycles. The third kappa shape index (κ3) is 2.29. The van der Waals surface area contributed by atoms with E-state index in [4.69, 9.17) is 5.73 Å². The third-order valence-electron chi connectivity index (χ3n) is 4.08. The predicted octanol–water partition coefficient (Wildman–Crippen LogP) is 0.514. The molecule has 1 fully saturated rings. The number of anilines is 1. The number of hydrogen-bond acceptors (Lipinski definition) is 5. The van der Waals surface area contributed by atoms with Crippen LogP contribution in [0.3, 0.4) is 0 Å². The van der Waals surface area contributed by atoms with Crippen LogP contribution >= 0.6 is 0 Å². The van der Waals surface area contributed by atoms with Gasteiger partial charge in [-0.15, -0.1) is 5.10 Å². The molecular formula is C13H20N6O. The largest absolute Gasteiger partial charge is 0.364 e. The van der Waals surface area contributed by atoms with Gasteiger partial charge in [-0.1, -0.05) is 0 Å². The Hall–Kier alpha value is -1.89. The van der Waals surface area contributed by atoms with E-state index < -0.39 is 0 Å². The zero-order valence-electron chi connectivity index (χ0n) is 11.6. The average Bonchev–Trinajstić information content (AvgIpc) is 2.83. The van der Waals surface area contributed by atoms with Gasteiger partial charge >= 0.3 is 5.69 Å². The van der Waals surface area contributed by atoms with E-state index in [2.05, 4.69) is 27.1 Å². The highest BCUT2D eigenvalue weighted by atomic mass is 16.2. The van der Waals surface area contributed by atoms with Gasteiger partial charge in [-0.05, 0) is 44.7 Å². The predicted molar refractivity (Wildman–Crippen MR) is 76.9 cm³/mol. The first-order valence-electron chi connectivity index (χ1n) is 7.15. The van der Waals surface area contributed by atoms with Crippen LogP contribution < -0.4 is 16.3 Å². The van der Waals surface area contributed by atoms with Gasteiger partial charge < -0.3 is 10.6 Å². The van der Waals surface area contributed by atoms with E-state index in [0.717, 1.165) is 38.0 Å². The van der Waals surface area contributed by atoms with Gasteiger partial charge in [-0.25, -0.2) is 9.89 Å². The molecule has 3 N–H and O–H groups in total. The summed E-state index contributed by atoms with van der Waals surface area (Å²) in [6.45, 7) is 2.98. The summed E-state index contributed by atoms with van der Waals surface area (Å²) in [6, 6.07) is 4.52. The van der Waals surface area contributed by atoms with Crippen LogP contribution in [0.25, 0.3) is 5.65 Å². The molecular weight excluding hydrogens is 256 g/mol. The van der Waals surface area contributed by atoms with Crippen LogP contribution in [-0.2, 0) is 0 Å². The van der Waals surface area contributed by atoms with Crippen molar-refractivity contribution >= 4 is 11.5 Å². The van der Waals surface area contributed by atoms with Gasteiger partial charge in [0.05, 0.1) is 0 Å². The van der Waals surface area contributed by atoms with Crippen molar-refractivity contribution in [1.82, 2.24) is 19.8 Å². The van der Waals surface area contributed by atoms with Crippen molar-refractivity contribution < 1.29 is 0 Å². The van der Waals surface area contributed by atoms with Crippen molar-refractivity contribution in [2.75, 3.05) is 11.4 Å². The number of nitrogens with two attached hydrogens (primary N) is 1. The molecule has 0 bridgehead atoms. The lowest BCUT2D eigenvalue weighted by atomic mass is 9.91. The van der Waals surface area contributed by atoms with Gasteiger partial charge in [-0.3, -0.25) is 0 Å². The summed E-state index contributed by atoms with van der Waals surface area (Å²) in [6.07, 6.45) is 4.26. The zero-order chi connectivity index (χ0) is 14.1. The second-order valence-electron chi connectivity index (χ2n) is 5.34. The zero-order valence-corrected chi connectivity index (χ0v) is 11.6. The summed E-state index contributed by atoms with van der Waals surface area (Å²) in [5.74, 6) is 0.823. The quantitative estimate of drug-likeness (QED) is 0.852. The normalized spacial score (nSPS) is 23.1. The van der Waals surface area contributed by atoms with Crippen LogP contribution in [-0.4, -0.2) is 38.4 Å². The first-order chi connectivity index (χ1) is 9.69. The first kappa shape index (κ1) is 13.1. The molecule has 1 saturated carbocycles. The van der Waals surface area contributed by atoms with Gasteiger partial charge in [0, 0.05) is 18.6 Å². The van der Waals surface area contributed by atoms with Gasteiger partial charge in [0.1, 0.15) is 5.82 Å². The second-order valence-corrected chi connectivity index (χ2v) is 5.34. The molecule has 1 aliphatic carbocycles. The highest BCUT2D eigenvalue weighted by Crippen LogP contribution is 2.25. The van der Waals surface area contributed by atoms with Crippen LogP contribution in [0.5, 0.6) is 0 Å². The molecule has 0 aromatic carbocycles. The summed E-state index contributed by atoms with van der Waals surface area (Å²) >= 11 is 0. The number of fused-ring (bicyclic) bond motifs is 1. The Balaban J connectivity index is 1.90. The Bertz CT molecular complexity index is 640. The Morgan fingerprint density at radius 2 is 2.15 bits per heavy atom. The number of aromatic amines is 1. The van der Waals surface area contributed by atoms with Crippen LogP contribution in [0.15, 0.2) is 16.9 Å². The molecule has 0 aliphatic heterocycles. The topological polar surface area (TPSA) is 92.3 Å². The number of H-pyrrole nitrogens is 1. The van der Waals surface area contributed by atoms with Crippen LogP contribution in [0.2, 0.25) is 0 Å². The van der Waals surface area contributed by atoms with Crippen LogP contribution in [0.4, 0.5) is 5.82 Å². The van der Waals surface area contributed by atoms with E-state index in [1.807, 2.05) is 12.1 Å². The smallest absolute Gasteiger partial charge is 0.352 e. The number of rotatable bonds is 3. The number of hydrogen-bond donors (Lipinski definition) is 2. The second kappa shape index (κ2) is 5.24. The SMILES string of the molecule is CCN(c1ccc2n[nH]c(=O)n2n1)C1CCC(N)CC1. The minimum Gasteiger partial charge on any atom is -0.352 e. The summed E-state index contributed by atoms with van der Waals surface area (Å²) in [5.41, 5.74) is 6.21. The standard InChI is InChI=1S/C13H20N6O/c1-2-18(10-5-3-9(14)4-6-10)12-8-7-11-15-16-13(20)19(11)17-12/h7-10H,2-6,14H2,1H3,(H,16,20). The molecule has 0 saturated heterocycles. The molecule has 3 rings (SSSR count). The van der Waals surface area contributed by atoms with Crippen LogP contribution in [0, 0.1) is 0 Å². The molecule has 2 heterocycles. The molecule has 0 radical (unpaired) electrons. The van der Waals surface area contributed by atoms with Gasteiger partial charge in [0.2, 0.25) is 0 Å². The average molecular weight is 276 g/mol. The minimum absolute atomic E-state index is 0.302. The van der Waals surface area contributed by atoms with Gasteiger partial charge in [-0.2, -0.15) is 9.61 Å². The molecule has 20 heavy (non-hydrogen) atoms. The lowest BCUT2D eigenvalue weighted by Crippen LogP contribution is -2.41. The molecule has 108 valence electrons. The fourth-order valence-electron chi connectivity index (χ4n) is 2.97. The minimum atomic E-state index is -0.302. The van der Waals surface area contributed by atoms with E-state index in [1.54, 1.807) is 0 Å². The summed E-state index contributed by atoms with van der Waals surface area (Å²) in [5, 5.41) is 10.7. The fourth-order valence-corrected chi connectivity index (χ4v) is 2.97. The van der Waals surface area contributed by atoms with Crippen molar-refractivity contribution in [1.29, 1.82) is 0 Å². The third-order valence-corrected chi connectivity index (χ3v) is 4.08. The lowest BCUT2D eigenvalue weighted by molar-refractivity contribution is 0.376. The molecule has 0 atom stereocenters. The molecule has 0 unspecified atom stereocenters. The summed E-state index contributed by atoms with van der Waals surface area (Å²) in [7, 11) is 0. The van der Waals surface area contributed by atoms with Crippen LogP contribution in [0.1, 0.15) is 32.6 Å². The fraction of sp³-hybridized carbons (Fsp3) is 0.615. The Morgan fingerprint density at radius 1 is 1.40 bits per heavy atom. The Labute approximate surface area is 116 Å². The maximum absolute atomic E-state index is 11.6. The van der Waals surface area contributed by atoms with Crippen molar-refractivity contribution in [3.05, 3.63) is 22.6 Å². The Kier molecular flexibility index (Phi) is 3.43. The highest BCUT2D eigenvalue weighted by Gasteiger charge is 2.24. The summed E-state index contributed by atoms with van der Waals surface area (Å²) < 4.78 is 1.31. The molecule has 7 heteroatoms. The lowest BCUT2D eigenvalue weighted by Gasteiger charge is -2.36. The first-order valence-corrected chi connectivity index (χ1v) is 7.15. The van der Waals surface area contributed by atoms with Gasteiger partial charge in [0.25, 0.3) is 0 Å². The summed E-state index contributed by atoms with van der Waals surface area (Å²) in [4.78, 5) is 13.9. The van der Waals surface area contributed by atoms with Crippen molar-refractivity contribution in [2.45, 2.75) is 44.7 Å². The van der Waals surface area contributed by atoms with E-state index >= 15 is 0 Å². The van der Waals surface area contributed by atoms with Crippen molar-refractivity contribution in [2.24, 2.45) is 5.73 Å².